The van der Waals surface area contributed by atoms with Crippen molar-refractivity contribution in [2.75, 3.05) is 5.75 Å². The van der Waals surface area contributed by atoms with Gasteiger partial charge in [0.05, 0.1) is 5.69 Å². The predicted molar refractivity (Wildman–Crippen MR) is 60.4 cm³/mol. The topological polar surface area (TPSA) is 52.0 Å². The molecule has 4 heteroatoms. The maximum atomic E-state index is 5.67. The van der Waals surface area contributed by atoms with Gasteiger partial charge in [-0.05, 0) is 32.9 Å². The van der Waals surface area contributed by atoms with E-state index in [1.807, 2.05) is 32.5 Å². The van der Waals surface area contributed by atoms with Crippen LogP contribution in [0.2, 0.25) is 0 Å². The molecule has 1 aromatic heterocycles. The van der Waals surface area contributed by atoms with Crippen molar-refractivity contribution in [1.82, 2.24) is 5.16 Å². The summed E-state index contributed by atoms with van der Waals surface area (Å²) in [6, 6.07) is 0.298. The highest BCUT2D eigenvalue weighted by atomic mass is 32.2. The van der Waals surface area contributed by atoms with Gasteiger partial charge in [-0.2, -0.15) is 11.8 Å². The van der Waals surface area contributed by atoms with Crippen molar-refractivity contribution >= 4 is 11.8 Å². The Labute approximate surface area is 89.4 Å². The standard InChI is InChI=1S/C10H18N2OS/c1-7(11)4-5-14-6-10-8(2)12-13-9(10)3/h7H,4-6,11H2,1-3H3. The molecule has 14 heavy (non-hydrogen) atoms. The first-order valence-corrected chi connectivity index (χ1v) is 6.01. The highest BCUT2D eigenvalue weighted by Crippen LogP contribution is 2.19. The van der Waals surface area contributed by atoms with Gasteiger partial charge < -0.3 is 10.3 Å². The van der Waals surface area contributed by atoms with Crippen LogP contribution in [0.25, 0.3) is 0 Å². The van der Waals surface area contributed by atoms with Crippen molar-refractivity contribution in [2.24, 2.45) is 5.73 Å². The van der Waals surface area contributed by atoms with Crippen LogP contribution in [-0.2, 0) is 5.75 Å². The summed E-state index contributed by atoms with van der Waals surface area (Å²) < 4.78 is 5.09. The van der Waals surface area contributed by atoms with E-state index in [2.05, 4.69) is 5.16 Å². The van der Waals surface area contributed by atoms with Crippen LogP contribution in [0, 0.1) is 13.8 Å². The van der Waals surface area contributed by atoms with E-state index < -0.39 is 0 Å². The van der Waals surface area contributed by atoms with Crippen molar-refractivity contribution in [3.8, 4) is 0 Å². The average molecular weight is 214 g/mol. The molecule has 0 radical (unpaired) electrons. The Balaban J connectivity index is 2.31. The molecule has 1 aromatic rings. The number of hydrogen-bond acceptors (Lipinski definition) is 4. The molecule has 1 heterocycles. The Morgan fingerprint density at radius 1 is 1.50 bits per heavy atom. The van der Waals surface area contributed by atoms with Gasteiger partial charge in [-0.1, -0.05) is 5.16 Å². The SMILES string of the molecule is Cc1noc(C)c1CSCCC(C)N. The molecule has 80 valence electrons. The molecular formula is C10H18N2OS. The minimum absolute atomic E-state index is 0.298. The zero-order valence-electron chi connectivity index (χ0n) is 9.04. The van der Waals surface area contributed by atoms with Crippen LogP contribution in [0.15, 0.2) is 4.52 Å². The third-order valence-corrected chi connectivity index (χ3v) is 3.16. The summed E-state index contributed by atoms with van der Waals surface area (Å²) in [4.78, 5) is 0. The summed E-state index contributed by atoms with van der Waals surface area (Å²) in [5.41, 5.74) is 7.91. The minimum Gasteiger partial charge on any atom is -0.361 e. The molecule has 1 atom stereocenters. The van der Waals surface area contributed by atoms with Crippen molar-refractivity contribution in [1.29, 1.82) is 0 Å². The normalized spacial score (nSPS) is 13.1. The lowest BCUT2D eigenvalue weighted by Gasteiger charge is -2.04. The fourth-order valence-corrected chi connectivity index (χ4v) is 2.45. The highest BCUT2D eigenvalue weighted by Gasteiger charge is 2.08. The second-order valence-corrected chi connectivity index (χ2v) is 4.73. The van der Waals surface area contributed by atoms with Crippen LogP contribution >= 0.6 is 11.8 Å². The predicted octanol–water partition coefficient (Wildman–Crippen LogP) is 2.26. The van der Waals surface area contributed by atoms with Gasteiger partial charge in [-0.25, -0.2) is 0 Å². The van der Waals surface area contributed by atoms with Crippen molar-refractivity contribution in [3.05, 3.63) is 17.0 Å². The largest absolute Gasteiger partial charge is 0.361 e. The summed E-state index contributed by atoms with van der Waals surface area (Å²) >= 11 is 1.89. The molecule has 0 saturated carbocycles. The molecule has 2 N–H and O–H groups in total. The third-order valence-electron chi connectivity index (χ3n) is 2.15. The summed E-state index contributed by atoms with van der Waals surface area (Å²) in [5, 5.41) is 3.92. The molecule has 0 spiro atoms. The summed E-state index contributed by atoms with van der Waals surface area (Å²) in [6.45, 7) is 5.98. The second-order valence-electron chi connectivity index (χ2n) is 3.62. The fourth-order valence-electron chi connectivity index (χ4n) is 1.15. The third kappa shape index (κ3) is 3.35. The number of rotatable bonds is 5. The number of nitrogens with zero attached hydrogens (tertiary/aromatic N) is 1. The van der Waals surface area contributed by atoms with E-state index in [0.29, 0.717) is 6.04 Å². The van der Waals surface area contributed by atoms with E-state index in [-0.39, 0.29) is 0 Å². The Morgan fingerprint density at radius 3 is 2.71 bits per heavy atom. The molecule has 0 aliphatic heterocycles. The van der Waals surface area contributed by atoms with Gasteiger partial charge in [0.25, 0.3) is 0 Å². The zero-order chi connectivity index (χ0) is 10.6. The van der Waals surface area contributed by atoms with Crippen molar-refractivity contribution in [3.63, 3.8) is 0 Å². The lowest BCUT2D eigenvalue weighted by atomic mass is 10.2. The molecule has 0 fully saturated rings. The Kier molecular flexibility index (Phi) is 4.48. The first-order chi connectivity index (χ1) is 6.61. The fraction of sp³-hybridized carbons (Fsp3) is 0.700. The number of hydrogen-bond donors (Lipinski definition) is 1. The maximum absolute atomic E-state index is 5.67. The van der Waals surface area contributed by atoms with Crippen molar-refractivity contribution in [2.45, 2.75) is 39.0 Å². The van der Waals surface area contributed by atoms with Gasteiger partial charge in [0.2, 0.25) is 0 Å². The van der Waals surface area contributed by atoms with Gasteiger partial charge in [0.1, 0.15) is 5.76 Å². The lowest BCUT2D eigenvalue weighted by Crippen LogP contribution is -2.15. The molecule has 0 aliphatic rings. The van der Waals surface area contributed by atoms with Gasteiger partial charge in [0.15, 0.2) is 0 Å². The second kappa shape index (κ2) is 5.41. The highest BCUT2D eigenvalue weighted by molar-refractivity contribution is 7.98. The Morgan fingerprint density at radius 2 is 2.21 bits per heavy atom. The molecule has 0 saturated heterocycles. The van der Waals surface area contributed by atoms with Gasteiger partial charge in [-0.3, -0.25) is 0 Å². The van der Waals surface area contributed by atoms with Gasteiger partial charge in [-0.15, -0.1) is 0 Å². The van der Waals surface area contributed by atoms with E-state index in [9.17, 15) is 0 Å². The molecule has 3 nitrogen and oxygen atoms in total. The van der Waals surface area contributed by atoms with Crippen LogP contribution < -0.4 is 5.73 Å². The molecule has 0 aromatic carbocycles. The van der Waals surface area contributed by atoms with Crippen molar-refractivity contribution < 1.29 is 4.52 Å². The smallest absolute Gasteiger partial charge is 0.137 e. The quantitative estimate of drug-likeness (QED) is 0.764. The summed E-state index contributed by atoms with van der Waals surface area (Å²) in [5.74, 6) is 3.02. The first kappa shape index (κ1) is 11.6. The maximum Gasteiger partial charge on any atom is 0.137 e. The van der Waals surface area contributed by atoms with Crippen LogP contribution in [0.4, 0.5) is 0 Å². The molecule has 1 unspecified atom stereocenters. The molecular weight excluding hydrogens is 196 g/mol. The van der Waals surface area contributed by atoms with E-state index in [1.54, 1.807) is 0 Å². The van der Waals surface area contributed by atoms with Crippen LogP contribution in [0.5, 0.6) is 0 Å². The van der Waals surface area contributed by atoms with E-state index in [4.69, 9.17) is 10.3 Å². The summed E-state index contributed by atoms with van der Waals surface area (Å²) in [7, 11) is 0. The van der Waals surface area contributed by atoms with E-state index >= 15 is 0 Å². The number of thioether (sulfide) groups is 1. The summed E-state index contributed by atoms with van der Waals surface area (Å²) in [6.07, 6.45) is 1.06. The molecule has 0 amide bonds. The monoisotopic (exact) mass is 214 g/mol. The van der Waals surface area contributed by atoms with Crippen LogP contribution in [-0.4, -0.2) is 17.0 Å². The van der Waals surface area contributed by atoms with Crippen LogP contribution in [0.1, 0.15) is 30.4 Å². The molecule has 0 bridgehead atoms. The van der Waals surface area contributed by atoms with E-state index in [0.717, 1.165) is 29.4 Å². The zero-order valence-corrected chi connectivity index (χ0v) is 9.86. The number of nitrogens with two attached hydrogens (primary N) is 1. The lowest BCUT2D eigenvalue weighted by molar-refractivity contribution is 0.392. The van der Waals surface area contributed by atoms with E-state index in [1.165, 1.54) is 5.56 Å². The Bertz CT molecular complexity index is 264. The van der Waals surface area contributed by atoms with Crippen LogP contribution in [0.3, 0.4) is 0 Å². The average Bonchev–Trinajstić information content (AvgIpc) is 2.42. The Hall–Kier alpha value is -0.480. The van der Waals surface area contributed by atoms with Gasteiger partial charge in [0, 0.05) is 17.4 Å². The number of aryl methyl sites for hydroxylation is 2. The number of aromatic nitrogens is 1. The molecule has 1 rings (SSSR count). The molecule has 0 aliphatic carbocycles. The minimum atomic E-state index is 0.298. The van der Waals surface area contributed by atoms with Gasteiger partial charge >= 0.3 is 0 Å². The first-order valence-electron chi connectivity index (χ1n) is 4.86.